The molecule has 1 atom stereocenters. The molecule has 2 aromatic rings. The highest BCUT2D eigenvalue weighted by atomic mass is 35.5. The number of aryl methyl sites for hydroxylation is 3. The maximum absolute atomic E-state index is 12.8. The van der Waals surface area contributed by atoms with Crippen molar-refractivity contribution in [3.8, 4) is 0 Å². The monoisotopic (exact) mass is 348 g/mol. The smallest absolute Gasteiger partial charge is 0.223 e. The number of piperazine rings is 1. The summed E-state index contributed by atoms with van der Waals surface area (Å²) in [5, 5.41) is 3.37. The average Bonchev–Trinajstić information content (AvgIpc) is 3.00. The number of hydrogen-bond acceptors (Lipinski definition) is 3. The van der Waals surface area contributed by atoms with Crippen LogP contribution in [0.15, 0.2) is 36.7 Å². The second-order valence-corrected chi connectivity index (χ2v) is 6.13. The van der Waals surface area contributed by atoms with Gasteiger partial charge < -0.3 is 14.8 Å². The van der Waals surface area contributed by atoms with Crippen LogP contribution in [-0.4, -0.2) is 40.0 Å². The van der Waals surface area contributed by atoms with Gasteiger partial charge in [-0.15, -0.1) is 12.4 Å². The Labute approximate surface area is 149 Å². The van der Waals surface area contributed by atoms with Crippen LogP contribution >= 0.6 is 12.4 Å². The van der Waals surface area contributed by atoms with Crippen LogP contribution in [0.5, 0.6) is 0 Å². The fourth-order valence-corrected chi connectivity index (χ4v) is 3.21. The molecule has 6 heteroatoms. The molecule has 0 spiro atoms. The third-order valence-corrected chi connectivity index (χ3v) is 4.59. The Hall–Kier alpha value is -1.85. The van der Waals surface area contributed by atoms with Crippen molar-refractivity contribution >= 4 is 18.3 Å². The van der Waals surface area contributed by atoms with Crippen LogP contribution < -0.4 is 5.32 Å². The minimum atomic E-state index is 0. The summed E-state index contributed by atoms with van der Waals surface area (Å²) in [6.45, 7) is 4.45. The maximum atomic E-state index is 12.8. The quantitative estimate of drug-likeness (QED) is 0.922. The van der Waals surface area contributed by atoms with Crippen LogP contribution in [0.25, 0.3) is 0 Å². The predicted molar refractivity (Wildman–Crippen MR) is 97.3 cm³/mol. The zero-order valence-electron chi connectivity index (χ0n) is 14.2. The highest BCUT2D eigenvalue weighted by Crippen LogP contribution is 2.22. The SMILES string of the molecule is Cc1ccccc1CCC(=O)N1CCNCC1c1nccn1C.Cl. The molecule has 0 bridgehead atoms. The van der Waals surface area contributed by atoms with Crippen molar-refractivity contribution in [1.29, 1.82) is 0 Å². The first-order chi connectivity index (χ1) is 11.2. The Balaban J connectivity index is 0.00000208. The zero-order valence-corrected chi connectivity index (χ0v) is 15.1. The minimum absolute atomic E-state index is 0. The van der Waals surface area contributed by atoms with E-state index in [0.717, 1.165) is 31.9 Å². The number of imidazole rings is 1. The first-order valence-corrected chi connectivity index (χ1v) is 8.18. The lowest BCUT2D eigenvalue weighted by atomic mass is 10.0. The van der Waals surface area contributed by atoms with Gasteiger partial charge in [-0.1, -0.05) is 24.3 Å². The van der Waals surface area contributed by atoms with Crippen molar-refractivity contribution in [2.75, 3.05) is 19.6 Å². The van der Waals surface area contributed by atoms with Crippen LogP contribution in [0.4, 0.5) is 0 Å². The molecule has 130 valence electrons. The van der Waals surface area contributed by atoms with Gasteiger partial charge in [0.15, 0.2) is 0 Å². The number of carbonyl (C=O) groups is 1. The summed E-state index contributed by atoms with van der Waals surface area (Å²) in [6.07, 6.45) is 5.06. The third kappa shape index (κ3) is 3.97. The number of nitrogens with zero attached hydrogens (tertiary/aromatic N) is 3. The topological polar surface area (TPSA) is 50.2 Å². The molecule has 3 rings (SSSR count). The van der Waals surface area contributed by atoms with E-state index < -0.39 is 0 Å². The first kappa shape index (κ1) is 18.5. The summed E-state index contributed by atoms with van der Waals surface area (Å²) in [7, 11) is 1.98. The highest BCUT2D eigenvalue weighted by molar-refractivity contribution is 5.85. The van der Waals surface area contributed by atoms with Crippen LogP contribution in [-0.2, 0) is 18.3 Å². The van der Waals surface area contributed by atoms with Gasteiger partial charge in [-0.05, 0) is 24.5 Å². The van der Waals surface area contributed by atoms with Crippen LogP contribution in [0.2, 0.25) is 0 Å². The number of amides is 1. The minimum Gasteiger partial charge on any atom is -0.336 e. The van der Waals surface area contributed by atoms with E-state index in [4.69, 9.17) is 0 Å². The molecule has 1 aromatic heterocycles. The molecule has 0 saturated carbocycles. The maximum Gasteiger partial charge on any atom is 0.223 e. The predicted octanol–water partition coefficient (Wildman–Crippen LogP) is 2.26. The van der Waals surface area contributed by atoms with Gasteiger partial charge in [0.1, 0.15) is 11.9 Å². The summed E-state index contributed by atoms with van der Waals surface area (Å²) in [4.78, 5) is 19.2. The van der Waals surface area contributed by atoms with E-state index in [2.05, 4.69) is 29.4 Å². The van der Waals surface area contributed by atoms with E-state index in [9.17, 15) is 4.79 Å². The molecule has 5 nitrogen and oxygen atoms in total. The number of hydrogen-bond donors (Lipinski definition) is 1. The fraction of sp³-hybridized carbons (Fsp3) is 0.444. The largest absolute Gasteiger partial charge is 0.336 e. The molecular formula is C18H25ClN4O. The standard InChI is InChI=1S/C18H24N4O.ClH/c1-14-5-3-4-6-15(14)7-8-17(23)22-12-9-19-13-16(22)18-20-10-11-21(18)2;/h3-6,10-11,16,19H,7-9,12-13H2,1-2H3;1H. The molecule has 1 N–H and O–H groups in total. The van der Waals surface area contributed by atoms with Gasteiger partial charge in [-0.3, -0.25) is 4.79 Å². The van der Waals surface area contributed by atoms with Crippen molar-refractivity contribution in [3.05, 3.63) is 53.6 Å². The van der Waals surface area contributed by atoms with E-state index in [-0.39, 0.29) is 24.4 Å². The normalized spacial score (nSPS) is 17.4. The van der Waals surface area contributed by atoms with Crippen LogP contribution in [0.3, 0.4) is 0 Å². The summed E-state index contributed by atoms with van der Waals surface area (Å²) in [5.41, 5.74) is 2.51. The molecule has 1 saturated heterocycles. The van der Waals surface area contributed by atoms with Crippen molar-refractivity contribution in [2.45, 2.75) is 25.8 Å². The summed E-state index contributed by atoms with van der Waals surface area (Å²) >= 11 is 0. The molecule has 0 aliphatic carbocycles. The molecule has 1 aliphatic heterocycles. The fourth-order valence-electron chi connectivity index (χ4n) is 3.21. The van der Waals surface area contributed by atoms with E-state index in [1.54, 1.807) is 6.20 Å². The first-order valence-electron chi connectivity index (χ1n) is 8.18. The lowest BCUT2D eigenvalue weighted by molar-refractivity contribution is -0.134. The molecule has 2 heterocycles. The number of rotatable bonds is 4. The molecule has 1 fully saturated rings. The van der Waals surface area contributed by atoms with Gasteiger partial charge in [-0.25, -0.2) is 4.98 Å². The van der Waals surface area contributed by atoms with Crippen LogP contribution in [0, 0.1) is 6.92 Å². The number of benzene rings is 1. The average molecular weight is 349 g/mol. The second kappa shape index (κ2) is 8.31. The lowest BCUT2D eigenvalue weighted by Gasteiger charge is -2.36. The second-order valence-electron chi connectivity index (χ2n) is 6.13. The number of carbonyl (C=O) groups excluding carboxylic acids is 1. The summed E-state index contributed by atoms with van der Waals surface area (Å²) in [6, 6.07) is 8.30. The summed E-state index contributed by atoms with van der Waals surface area (Å²) < 4.78 is 2.00. The Kier molecular flexibility index (Phi) is 6.40. The summed E-state index contributed by atoms with van der Waals surface area (Å²) in [5.74, 6) is 1.16. The lowest BCUT2D eigenvalue weighted by Crippen LogP contribution is -2.49. The van der Waals surface area contributed by atoms with Crippen molar-refractivity contribution in [1.82, 2.24) is 19.8 Å². The van der Waals surface area contributed by atoms with E-state index in [1.165, 1.54) is 11.1 Å². The van der Waals surface area contributed by atoms with E-state index >= 15 is 0 Å². The van der Waals surface area contributed by atoms with Gasteiger partial charge >= 0.3 is 0 Å². The molecule has 24 heavy (non-hydrogen) atoms. The molecule has 1 aliphatic rings. The highest BCUT2D eigenvalue weighted by Gasteiger charge is 2.29. The van der Waals surface area contributed by atoms with Gasteiger partial charge in [0, 0.05) is 45.5 Å². The molecule has 1 unspecified atom stereocenters. The van der Waals surface area contributed by atoms with Crippen LogP contribution in [0.1, 0.15) is 29.4 Å². The van der Waals surface area contributed by atoms with Crippen molar-refractivity contribution < 1.29 is 4.79 Å². The van der Waals surface area contributed by atoms with Crippen molar-refractivity contribution in [2.24, 2.45) is 7.05 Å². The molecule has 0 radical (unpaired) electrons. The molecule has 1 amide bonds. The van der Waals surface area contributed by atoms with Gasteiger partial charge in [0.2, 0.25) is 5.91 Å². The zero-order chi connectivity index (χ0) is 16.2. The Morgan fingerprint density at radius 2 is 2.17 bits per heavy atom. The third-order valence-electron chi connectivity index (χ3n) is 4.59. The Bertz CT molecular complexity index is 685. The van der Waals surface area contributed by atoms with Crippen molar-refractivity contribution in [3.63, 3.8) is 0 Å². The van der Waals surface area contributed by atoms with Gasteiger partial charge in [0.25, 0.3) is 0 Å². The van der Waals surface area contributed by atoms with Gasteiger partial charge in [0.05, 0.1) is 0 Å². The Morgan fingerprint density at radius 3 is 2.88 bits per heavy atom. The number of halogens is 1. The molecule has 1 aromatic carbocycles. The molecular weight excluding hydrogens is 324 g/mol. The van der Waals surface area contributed by atoms with Gasteiger partial charge in [-0.2, -0.15) is 0 Å². The number of nitrogens with one attached hydrogen (secondary N) is 1. The van der Waals surface area contributed by atoms with E-state index in [1.807, 2.05) is 34.8 Å². The number of aromatic nitrogens is 2. The van der Waals surface area contributed by atoms with E-state index in [0.29, 0.717) is 6.42 Å². The Morgan fingerprint density at radius 1 is 1.38 bits per heavy atom.